The van der Waals surface area contributed by atoms with Crippen LogP contribution in [0.2, 0.25) is 0 Å². The van der Waals surface area contributed by atoms with E-state index in [1.807, 2.05) is 18.2 Å². The van der Waals surface area contributed by atoms with Crippen LogP contribution in [0.4, 0.5) is 0 Å². The standard InChI is InChI=1S/C19H23BO4/c1-18(2,22)19(3,4)24-20(23)16-12-10-15(11-13-16)17(21)14-8-6-5-7-9-14/h5-13,22-23H,1-4H3. The number of hydrogen-bond acceptors (Lipinski definition) is 4. The summed E-state index contributed by atoms with van der Waals surface area (Å²) in [6, 6.07) is 15.7. The van der Waals surface area contributed by atoms with E-state index in [9.17, 15) is 14.9 Å². The Kier molecular flexibility index (Phi) is 5.28. The van der Waals surface area contributed by atoms with Gasteiger partial charge in [-0.05, 0) is 33.2 Å². The van der Waals surface area contributed by atoms with Crippen molar-refractivity contribution in [1.29, 1.82) is 0 Å². The van der Waals surface area contributed by atoms with Gasteiger partial charge in [0.05, 0.1) is 11.2 Å². The van der Waals surface area contributed by atoms with Crippen LogP contribution in [0.25, 0.3) is 0 Å². The molecule has 0 unspecified atom stereocenters. The Morgan fingerprint density at radius 3 is 1.92 bits per heavy atom. The summed E-state index contributed by atoms with van der Waals surface area (Å²) >= 11 is 0. The maximum atomic E-state index is 12.4. The lowest BCUT2D eigenvalue weighted by Gasteiger charge is -2.38. The first-order valence-electron chi connectivity index (χ1n) is 7.90. The van der Waals surface area contributed by atoms with E-state index in [0.717, 1.165) is 0 Å². The molecule has 0 radical (unpaired) electrons. The summed E-state index contributed by atoms with van der Waals surface area (Å²) in [5.41, 5.74) is -0.372. The van der Waals surface area contributed by atoms with Crippen LogP contribution in [-0.4, -0.2) is 34.2 Å². The Balaban J connectivity index is 2.13. The van der Waals surface area contributed by atoms with Gasteiger partial charge in [0.15, 0.2) is 5.78 Å². The van der Waals surface area contributed by atoms with E-state index >= 15 is 0 Å². The Bertz CT molecular complexity index is 688. The highest BCUT2D eigenvalue weighted by molar-refractivity contribution is 6.60. The highest BCUT2D eigenvalue weighted by Gasteiger charge is 2.39. The molecule has 0 saturated heterocycles. The van der Waals surface area contributed by atoms with E-state index in [1.54, 1.807) is 64.1 Å². The molecule has 5 heteroatoms. The van der Waals surface area contributed by atoms with Crippen LogP contribution in [-0.2, 0) is 4.65 Å². The molecule has 24 heavy (non-hydrogen) atoms. The fraction of sp³-hybridized carbons (Fsp3) is 0.316. The summed E-state index contributed by atoms with van der Waals surface area (Å²) in [4.78, 5) is 12.4. The minimum absolute atomic E-state index is 0.0746. The van der Waals surface area contributed by atoms with Gasteiger partial charge in [-0.25, -0.2) is 0 Å². The molecule has 0 aromatic heterocycles. The highest BCUT2D eigenvalue weighted by Crippen LogP contribution is 2.25. The van der Waals surface area contributed by atoms with Crippen molar-refractivity contribution in [3.63, 3.8) is 0 Å². The summed E-state index contributed by atoms with van der Waals surface area (Å²) < 4.78 is 5.59. The van der Waals surface area contributed by atoms with Crippen molar-refractivity contribution in [2.75, 3.05) is 0 Å². The zero-order valence-electron chi connectivity index (χ0n) is 14.5. The normalized spacial score (nSPS) is 12.1. The smallest absolute Gasteiger partial charge is 0.423 e. The second-order valence-electron chi connectivity index (χ2n) is 6.86. The van der Waals surface area contributed by atoms with Crippen molar-refractivity contribution in [3.8, 4) is 0 Å². The summed E-state index contributed by atoms with van der Waals surface area (Å²) in [7, 11) is -1.19. The number of ketones is 1. The Labute approximate surface area is 143 Å². The van der Waals surface area contributed by atoms with Crippen LogP contribution in [0.5, 0.6) is 0 Å². The summed E-state index contributed by atoms with van der Waals surface area (Å²) in [5.74, 6) is -0.0746. The average Bonchev–Trinajstić information content (AvgIpc) is 2.53. The molecular weight excluding hydrogens is 303 g/mol. The number of carbonyl (C=O) groups is 1. The summed E-state index contributed by atoms with van der Waals surface area (Å²) in [6.07, 6.45) is 0. The average molecular weight is 326 g/mol. The van der Waals surface area contributed by atoms with Gasteiger partial charge in [-0.3, -0.25) is 4.79 Å². The van der Waals surface area contributed by atoms with Crippen molar-refractivity contribution < 1.29 is 19.6 Å². The van der Waals surface area contributed by atoms with Crippen molar-refractivity contribution in [2.24, 2.45) is 0 Å². The fourth-order valence-electron chi connectivity index (χ4n) is 2.05. The quantitative estimate of drug-likeness (QED) is 0.631. The predicted octanol–water partition coefficient (Wildman–Crippen LogP) is 2.17. The molecule has 0 aliphatic carbocycles. The third-order valence-electron chi connectivity index (χ3n) is 4.37. The van der Waals surface area contributed by atoms with Gasteiger partial charge >= 0.3 is 7.12 Å². The molecule has 0 atom stereocenters. The maximum Gasteiger partial charge on any atom is 0.491 e. The Morgan fingerprint density at radius 1 is 0.917 bits per heavy atom. The summed E-state index contributed by atoms with van der Waals surface area (Å²) in [5, 5.41) is 20.4. The van der Waals surface area contributed by atoms with Gasteiger partial charge in [-0.15, -0.1) is 0 Å². The van der Waals surface area contributed by atoms with E-state index in [4.69, 9.17) is 4.65 Å². The molecule has 0 bridgehead atoms. The molecule has 2 N–H and O–H groups in total. The Hall–Kier alpha value is -1.95. The third kappa shape index (κ3) is 4.12. The topological polar surface area (TPSA) is 66.8 Å². The molecule has 2 aromatic rings. The fourth-order valence-corrected chi connectivity index (χ4v) is 2.05. The first-order valence-corrected chi connectivity index (χ1v) is 7.90. The molecule has 126 valence electrons. The highest BCUT2D eigenvalue weighted by atomic mass is 16.5. The zero-order chi connectivity index (χ0) is 18.0. The van der Waals surface area contributed by atoms with Crippen molar-refractivity contribution >= 4 is 18.4 Å². The molecule has 0 heterocycles. The Morgan fingerprint density at radius 2 is 1.42 bits per heavy atom. The second kappa shape index (κ2) is 6.89. The predicted molar refractivity (Wildman–Crippen MR) is 95.4 cm³/mol. The number of rotatable bonds is 6. The van der Waals surface area contributed by atoms with Gasteiger partial charge in [0.1, 0.15) is 0 Å². The third-order valence-corrected chi connectivity index (χ3v) is 4.37. The van der Waals surface area contributed by atoms with Crippen LogP contribution in [0.1, 0.15) is 43.6 Å². The molecule has 0 amide bonds. The first kappa shape index (κ1) is 18.4. The zero-order valence-corrected chi connectivity index (χ0v) is 14.5. The van der Waals surface area contributed by atoms with Crippen molar-refractivity contribution in [2.45, 2.75) is 38.9 Å². The van der Waals surface area contributed by atoms with Gasteiger partial charge in [0.25, 0.3) is 0 Å². The number of hydrogen-bond donors (Lipinski definition) is 2. The van der Waals surface area contributed by atoms with Gasteiger partial charge in [0.2, 0.25) is 0 Å². The molecule has 0 aliphatic rings. The summed E-state index contributed by atoms with van der Waals surface area (Å²) in [6.45, 7) is 6.68. The lowest BCUT2D eigenvalue weighted by Crippen LogP contribution is -2.53. The molecule has 0 spiro atoms. The van der Waals surface area contributed by atoms with Crippen LogP contribution >= 0.6 is 0 Å². The molecule has 0 fully saturated rings. The van der Waals surface area contributed by atoms with Crippen LogP contribution in [0.3, 0.4) is 0 Å². The SMILES string of the molecule is CC(C)(O)C(C)(C)OB(O)c1ccc(C(=O)c2ccccc2)cc1. The monoisotopic (exact) mass is 326 g/mol. The van der Waals surface area contributed by atoms with E-state index in [1.165, 1.54) is 0 Å². The largest absolute Gasteiger partial charge is 0.491 e. The first-order chi connectivity index (χ1) is 11.1. The van der Waals surface area contributed by atoms with E-state index in [-0.39, 0.29) is 5.78 Å². The van der Waals surface area contributed by atoms with E-state index < -0.39 is 18.3 Å². The van der Waals surface area contributed by atoms with Crippen molar-refractivity contribution in [1.82, 2.24) is 0 Å². The molecule has 2 rings (SSSR count). The minimum atomic E-state index is -1.19. The van der Waals surface area contributed by atoms with Crippen LogP contribution in [0, 0.1) is 0 Å². The number of carbonyl (C=O) groups excluding carboxylic acids is 1. The molecule has 0 aliphatic heterocycles. The van der Waals surface area contributed by atoms with Crippen LogP contribution in [0.15, 0.2) is 54.6 Å². The van der Waals surface area contributed by atoms with Crippen LogP contribution < -0.4 is 5.46 Å². The maximum absolute atomic E-state index is 12.4. The number of benzene rings is 2. The van der Waals surface area contributed by atoms with Gasteiger partial charge in [-0.2, -0.15) is 0 Å². The minimum Gasteiger partial charge on any atom is -0.423 e. The molecule has 0 saturated carbocycles. The lowest BCUT2D eigenvalue weighted by atomic mass is 9.76. The van der Waals surface area contributed by atoms with Gasteiger partial charge in [-0.1, -0.05) is 54.6 Å². The second-order valence-corrected chi connectivity index (χ2v) is 6.86. The van der Waals surface area contributed by atoms with Crippen molar-refractivity contribution in [3.05, 3.63) is 65.7 Å². The number of aliphatic hydroxyl groups is 1. The molecule has 4 nitrogen and oxygen atoms in total. The molecule has 2 aromatic carbocycles. The molecular formula is C19H23BO4. The van der Waals surface area contributed by atoms with E-state index in [2.05, 4.69) is 0 Å². The van der Waals surface area contributed by atoms with E-state index in [0.29, 0.717) is 16.6 Å². The van der Waals surface area contributed by atoms with Gasteiger partial charge in [0, 0.05) is 11.1 Å². The van der Waals surface area contributed by atoms with Gasteiger partial charge < -0.3 is 14.8 Å². The lowest BCUT2D eigenvalue weighted by molar-refractivity contribution is -0.0982.